The minimum atomic E-state index is -0.468. The van der Waals surface area contributed by atoms with Gasteiger partial charge in [0.05, 0.1) is 6.20 Å². The standard InChI is InChI=1S/C10H11N3O/c1-14-10(6-3-2-4-7-10)9-5-8-11-13-12-9/h2-6,8H,7H2,1H3. The zero-order valence-corrected chi connectivity index (χ0v) is 7.92. The first kappa shape index (κ1) is 9.02. The van der Waals surface area contributed by atoms with Gasteiger partial charge in [-0.3, -0.25) is 0 Å². The third kappa shape index (κ3) is 1.44. The van der Waals surface area contributed by atoms with E-state index >= 15 is 0 Å². The van der Waals surface area contributed by atoms with Crippen molar-refractivity contribution >= 4 is 0 Å². The van der Waals surface area contributed by atoms with Crippen molar-refractivity contribution in [2.75, 3.05) is 7.11 Å². The van der Waals surface area contributed by atoms with Crippen molar-refractivity contribution in [3.05, 3.63) is 42.3 Å². The van der Waals surface area contributed by atoms with Crippen molar-refractivity contribution in [1.82, 2.24) is 15.4 Å². The van der Waals surface area contributed by atoms with E-state index in [9.17, 15) is 0 Å². The van der Waals surface area contributed by atoms with Crippen molar-refractivity contribution in [2.45, 2.75) is 12.0 Å². The molecule has 0 N–H and O–H groups in total. The van der Waals surface area contributed by atoms with E-state index in [2.05, 4.69) is 15.4 Å². The summed E-state index contributed by atoms with van der Waals surface area (Å²) in [4.78, 5) is 0. The first-order valence-corrected chi connectivity index (χ1v) is 4.42. The van der Waals surface area contributed by atoms with Gasteiger partial charge in [-0.25, -0.2) is 0 Å². The minimum Gasteiger partial charge on any atom is -0.367 e. The summed E-state index contributed by atoms with van der Waals surface area (Å²) in [5.41, 5.74) is 0.320. The summed E-state index contributed by atoms with van der Waals surface area (Å²) in [5.74, 6) is 0. The van der Waals surface area contributed by atoms with Crippen LogP contribution >= 0.6 is 0 Å². The molecule has 0 aromatic carbocycles. The number of hydrogen-bond acceptors (Lipinski definition) is 4. The van der Waals surface area contributed by atoms with E-state index in [0.29, 0.717) is 0 Å². The molecule has 0 amide bonds. The Morgan fingerprint density at radius 1 is 1.43 bits per heavy atom. The van der Waals surface area contributed by atoms with Gasteiger partial charge in [0.1, 0.15) is 11.3 Å². The SMILES string of the molecule is COC1(c2ccnnn2)C=CC=CC1. The van der Waals surface area contributed by atoms with Crippen LogP contribution in [-0.4, -0.2) is 22.5 Å². The molecule has 0 aliphatic heterocycles. The third-order valence-corrected chi connectivity index (χ3v) is 2.33. The van der Waals surface area contributed by atoms with E-state index in [1.165, 1.54) is 0 Å². The lowest BCUT2D eigenvalue weighted by atomic mass is 9.91. The van der Waals surface area contributed by atoms with Gasteiger partial charge in [0, 0.05) is 13.5 Å². The van der Waals surface area contributed by atoms with Gasteiger partial charge in [-0.2, -0.15) is 0 Å². The average molecular weight is 189 g/mol. The molecule has 0 saturated heterocycles. The topological polar surface area (TPSA) is 47.9 Å². The molecule has 1 aromatic rings. The number of allylic oxidation sites excluding steroid dienone is 2. The van der Waals surface area contributed by atoms with Crippen LogP contribution in [0.3, 0.4) is 0 Å². The highest BCUT2D eigenvalue weighted by Gasteiger charge is 2.30. The largest absolute Gasteiger partial charge is 0.367 e. The molecule has 1 unspecified atom stereocenters. The molecule has 0 fully saturated rings. The van der Waals surface area contributed by atoms with Gasteiger partial charge in [-0.05, 0) is 17.4 Å². The number of methoxy groups -OCH3 is 1. The average Bonchev–Trinajstić information content (AvgIpc) is 2.31. The van der Waals surface area contributed by atoms with Crippen LogP contribution in [-0.2, 0) is 10.3 Å². The zero-order valence-electron chi connectivity index (χ0n) is 7.92. The monoisotopic (exact) mass is 189 g/mol. The van der Waals surface area contributed by atoms with Gasteiger partial charge in [0.15, 0.2) is 0 Å². The lowest BCUT2D eigenvalue weighted by Gasteiger charge is -2.28. The van der Waals surface area contributed by atoms with E-state index in [-0.39, 0.29) is 0 Å². The number of hydrogen-bond donors (Lipinski definition) is 0. The summed E-state index contributed by atoms with van der Waals surface area (Å²) in [6.45, 7) is 0. The molecular formula is C10H11N3O. The van der Waals surface area contributed by atoms with Crippen molar-refractivity contribution in [3.8, 4) is 0 Å². The first-order chi connectivity index (χ1) is 6.87. The predicted octanol–water partition coefficient (Wildman–Crippen LogP) is 1.23. The van der Waals surface area contributed by atoms with E-state index in [1.807, 2.05) is 30.4 Å². The molecule has 14 heavy (non-hydrogen) atoms. The Hall–Kier alpha value is -1.55. The Morgan fingerprint density at radius 3 is 2.93 bits per heavy atom. The highest BCUT2D eigenvalue weighted by molar-refractivity contribution is 5.26. The molecule has 0 bridgehead atoms. The molecule has 0 spiro atoms. The highest BCUT2D eigenvalue weighted by Crippen LogP contribution is 2.31. The van der Waals surface area contributed by atoms with Crippen molar-refractivity contribution in [1.29, 1.82) is 0 Å². The van der Waals surface area contributed by atoms with E-state index < -0.39 is 5.60 Å². The fraction of sp³-hybridized carbons (Fsp3) is 0.300. The minimum absolute atomic E-state index is 0.468. The second-order valence-corrected chi connectivity index (χ2v) is 3.09. The van der Waals surface area contributed by atoms with Crippen LogP contribution in [0, 0.1) is 0 Å². The van der Waals surface area contributed by atoms with Crippen LogP contribution in [0.25, 0.3) is 0 Å². The molecule has 0 radical (unpaired) electrons. The van der Waals surface area contributed by atoms with E-state index in [1.54, 1.807) is 13.3 Å². The molecule has 1 aliphatic carbocycles. The van der Waals surface area contributed by atoms with Gasteiger partial charge < -0.3 is 4.74 Å². The molecule has 72 valence electrons. The maximum absolute atomic E-state index is 5.50. The fourth-order valence-electron chi connectivity index (χ4n) is 1.51. The third-order valence-electron chi connectivity index (χ3n) is 2.33. The van der Waals surface area contributed by atoms with Crippen molar-refractivity contribution < 1.29 is 4.74 Å². The normalized spacial score (nSPS) is 25.2. The number of rotatable bonds is 2. The van der Waals surface area contributed by atoms with E-state index in [0.717, 1.165) is 12.1 Å². The van der Waals surface area contributed by atoms with Gasteiger partial charge in [-0.1, -0.05) is 18.2 Å². The molecule has 4 heteroatoms. The highest BCUT2D eigenvalue weighted by atomic mass is 16.5. The van der Waals surface area contributed by atoms with Crippen LogP contribution in [0.2, 0.25) is 0 Å². The van der Waals surface area contributed by atoms with Crippen LogP contribution < -0.4 is 0 Å². The van der Waals surface area contributed by atoms with Crippen LogP contribution in [0.4, 0.5) is 0 Å². The Kier molecular flexibility index (Phi) is 2.37. The maximum atomic E-state index is 5.50. The fourth-order valence-corrected chi connectivity index (χ4v) is 1.51. The Morgan fingerprint density at radius 2 is 2.36 bits per heavy atom. The molecule has 1 atom stereocenters. The first-order valence-electron chi connectivity index (χ1n) is 4.42. The lowest BCUT2D eigenvalue weighted by Crippen LogP contribution is -2.28. The summed E-state index contributed by atoms with van der Waals surface area (Å²) >= 11 is 0. The molecule has 4 nitrogen and oxygen atoms in total. The number of aromatic nitrogens is 3. The van der Waals surface area contributed by atoms with E-state index in [4.69, 9.17) is 4.74 Å². The summed E-state index contributed by atoms with van der Waals surface area (Å²) in [6, 6.07) is 1.82. The summed E-state index contributed by atoms with van der Waals surface area (Å²) in [5, 5.41) is 11.2. The number of nitrogens with zero attached hydrogens (tertiary/aromatic N) is 3. The van der Waals surface area contributed by atoms with Gasteiger partial charge in [0.25, 0.3) is 0 Å². The summed E-state index contributed by atoms with van der Waals surface area (Å²) in [6.07, 6.45) is 10.4. The van der Waals surface area contributed by atoms with Crippen LogP contribution in [0.15, 0.2) is 36.6 Å². The summed E-state index contributed by atoms with van der Waals surface area (Å²) < 4.78 is 5.50. The second-order valence-electron chi connectivity index (χ2n) is 3.09. The quantitative estimate of drug-likeness (QED) is 0.702. The molecule has 1 aromatic heterocycles. The number of ether oxygens (including phenoxy) is 1. The van der Waals surface area contributed by atoms with Crippen LogP contribution in [0.1, 0.15) is 12.1 Å². The van der Waals surface area contributed by atoms with Gasteiger partial charge in [0.2, 0.25) is 0 Å². The summed E-state index contributed by atoms with van der Waals surface area (Å²) in [7, 11) is 1.67. The molecule has 1 heterocycles. The molecule has 2 rings (SSSR count). The smallest absolute Gasteiger partial charge is 0.133 e. The molecule has 1 aliphatic rings. The maximum Gasteiger partial charge on any atom is 0.133 e. The zero-order chi connectivity index (χ0) is 9.86. The van der Waals surface area contributed by atoms with Gasteiger partial charge >= 0.3 is 0 Å². The second kappa shape index (κ2) is 3.67. The predicted molar refractivity (Wildman–Crippen MR) is 51.4 cm³/mol. The van der Waals surface area contributed by atoms with Crippen molar-refractivity contribution in [3.63, 3.8) is 0 Å². The molecule has 0 saturated carbocycles. The van der Waals surface area contributed by atoms with Gasteiger partial charge in [-0.15, -0.1) is 10.2 Å². The van der Waals surface area contributed by atoms with Crippen LogP contribution in [0.5, 0.6) is 0 Å². The Balaban J connectivity index is 2.39. The Bertz CT molecular complexity index is 361. The van der Waals surface area contributed by atoms with Crippen molar-refractivity contribution in [2.24, 2.45) is 0 Å². The Labute approximate surface area is 82.3 Å². The molecular weight excluding hydrogens is 178 g/mol. The lowest BCUT2D eigenvalue weighted by molar-refractivity contribution is 0.0260.